The lowest BCUT2D eigenvalue weighted by Crippen LogP contribution is -2.62. The minimum Gasteiger partial charge on any atom is -0.393 e. The standard InChI is InChI=1S/C13H21NO/c1-12(2)8-3-4-10(11(12)5-8)13(14)6-9(15)7-13/h4,8-9,11,15H,3,5-7,14H2,1-2H3. The molecule has 0 aromatic carbocycles. The molecule has 2 bridgehead atoms. The molecular formula is C13H21NO. The van der Waals surface area contributed by atoms with Crippen LogP contribution >= 0.6 is 0 Å². The van der Waals surface area contributed by atoms with Crippen LogP contribution in [0.3, 0.4) is 0 Å². The van der Waals surface area contributed by atoms with Gasteiger partial charge in [0, 0.05) is 5.54 Å². The fourth-order valence-electron chi connectivity index (χ4n) is 3.92. The van der Waals surface area contributed by atoms with Gasteiger partial charge in [-0.2, -0.15) is 0 Å². The first kappa shape index (κ1) is 9.86. The molecule has 4 rings (SSSR count). The lowest BCUT2D eigenvalue weighted by molar-refractivity contribution is -0.0373. The Labute approximate surface area is 91.5 Å². The highest BCUT2D eigenvalue weighted by molar-refractivity contribution is 5.35. The van der Waals surface area contributed by atoms with Crippen molar-refractivity contribution in [3.05, 3.63) is 11.6 Å². The predicted octanol–water partition coefficient (Wildman–Crippen LogP) is 1.83. The Morgan fingerprint density at radius 3 is 2.53 bits per heavy atom. The molecule has 2 atom stereocenters. The van der Waals surface area contributed by atoms with Gasteiger partial charge in [0.1, 0.15) is 0 Å². The van der Waals surface area contributed by atoms with Gasteiger partial charge in [0.05, 0.1) is 6.10 Å². The van der Waals surface area contributed by atoms with E-state index in [2.05, 4.69) is 19.9 Å². The van der Waals surface area contributed by atoms with Gasteiger partial charge in [-0.25, -0.2) is 0 Å². The monoisotopic (exact) mass is 207 g/mol. The maximum Gasteiger partial charge on any atom is 0.0581 e. The summed E-state index contributed by atoms with van der Waals surface area (Å²) < 4.78 is 0. The second-order valence-electron chi connectivity index (χ2n) is 6.42. The molecule has 0 radical (unpaired) electrons. The van der Waals surface area contributed by atoms with Gasteiger partial charge in [0.2, 0.25) is 0 Å². The summed E-state index contributed by atoms with van der Waals surface area (Å²) in [7, 11) is 0. The highest BCUT2D eigenvalue weighted by Crippen LogP contribution is 2.62. The summed E-state index contributed by atoms with van der Waals surface area (Å²) in [4.78, 5) is 0. The van der Waals surface area contributed by atoms with E-state index in [1.807, 2.05) is 0 Å². The third-order valence-corrected chi connectivity index (χ3v) is 5.24. The largest absolute Gasteiger partial charge is 0.393 e. The Hall–Kier alpha value is -0.340. The van der Waals surface area contributed by atoms with Crippen molar-refractivity contribution in [1.29, 1.82) is 0 Å². The van der Waals surface area contributed by atoms with Crippen molar-refractivity contribution < 1.29 is 5.11 Å². The van der Waals surface area contributed by atoms with Crippen LogP contribution in [0, 0.1) is 17.3 Å². The van der Waals surface area contributed by atoms with E-state index in [4.69, 9.17) is 5.73 Å². The first-order chi connectivity index (χ1) is 6.93. The number of nitrogens with two attached hydrogens (primary N) is 1. The molecule has 4 aliphatic carbocycles. The summed E-state index contributed by atoms with van der Waals surface area (Å²) >= 11 is 0. The summed E-state index contributed by atoms with van der Waals surface area (Å²) in [6.45, 7) is 4.74. The summed E-state index contributed by atoms with van der Waals surface area (Å²) in [5, 5.41) is 9.44. The molecular weight excluding hydrogens is 186 g/mol. The van der Waals surface area contributed by atoms with Gasteiger partial charge in [-0.05, 0) is 42.9 Å². The van der Waals surface area contributed by atoms with Gasteiger partial charge in [0.25, 0.3) is 0 Å². The van der Waals surface area contributed by atoms with Crippen LogP contribution in [-0.2, 0) is 0 Å². The van der Waals surface area contributed by atoms with Gasteiger partial charge >= 0.3 is 0 Å². The van der Waals surface area contributed by atoms with Crippen molar-refractivity contribution in [2.75, 3.05) is 0 Å². The van der Waals surface area contributed by atoms with E-state index in [9.17, 15) is 5.11 Å². The van der Waals surface area contributed by atoms with Gasteiger partial charge < -0.3 is 10.8 Å². The Morgan fingerprint density at radius 2 is 2.07 bits per heavy atom. The number of aliphatic hydroxyl groups excluding tert-OH is 1. The molecule has 2 unspecified atom stereocenters. The molecule has 0 heterocycles. The number of hydrogen-bond donors (Lipinski definition) is 2. The van der Waals surface area contributed by atoms with Gasteiger partial charge in [-0.3, -0.25) is 0 Å². The second-order valence-corrected chi connectivity index (χ2v) is 6.42. The summed E-state index contributed by atoms with van der Waals surface area (Å²) in [5.74, 6) is 1.56. The van der Waals surface area contributed by atoms with Gasteiger partial charge in [-0.1, -0.05) is 25.5 Å². The topological polar surface area (TPSA) is 46.2 Å². The van der Waals surface area contributed by atoms with Gasteiger partial charge in [-0.15, -0.1) is 0 Å². The fourth-order valence-corrected chi connectivity index (χ4v) is 3.92. The Morgan fingerprint density at radius 1 is 1.40 bits per heavy atom. The van der Waals surface area contributed by atoms with E-state index in [1.165, 1.54) is 18.4 Å². The Bertz CT molecular complexity index is 325. The zero-order valence-corrected chi connectivity index (χ0v) is 9.66. The molecule has 15 heavy (non-hydrogen) atoms. The summed E-state index contributed by atoms with van der Waals surface area (Å²) in [5.41, 5.74) is 8.13. The smallest absolute Gasteiger partial charge is 0.0581 e. The molecule has 0 aromatic heterocycles. The zero-order valence-electron chi connectivity index (χ0n) is 9.66. The summed E-state index contributed by atoms with van der Waals surface area (Å²) in [6, 6.07) is 0. The van der Waals surface area contributed by atoms with Crippen molar-refractivity contribution >= 4 is 0 Å². The van der Waals surface area contributed by atoms with E-state index in [1.54, 1.807) is 0 Å². The Balaban J connectivity index is 1.86. The number of hydrogen-bond acceptors (Lipinski definition) is 2. The van der Waals surface area contributed by atoms with Crippen LogP contribution in [0.2, 0.25) is 0 Å². The summed E-state index contributed by atoms with van der Waals surface area (Å²) in [6.07, 6.45) is 6.29. The van der Waals surface area contributed by atoms with Gasteiger partial charge in [0.15, 0.2) is 0 Å². The molecule has 2 fully saturated rings. The highest BCUT2D eigenvalue weighted by Gasteiger charge is 2.57. The second kappa shape index (κ2) is 2.67. The molecule has 2 nitrogen and oxygen atoms in total. The van der Waals surface area contributed by atoms with Crippen LogP contribution in [0.5, 0.6) is 0 Å². The molecule has 0 amide bonds. The van der Waals surface area contributed by atoms with Crippen LogP contribution < -0.4 is 5.73 Å². The first-order valence-corrected chi connectivity index (χ1v) is 6.11. The molecule has 0 aliphatic heterocycles. The van der Waals surface area contributed by atoms with E-state index in [0.717, 1.165) is 18.8 Å². The van der Waals surface area contributed by atoms with Crippen LogP contribution in [0.15, 0.2) is 11.6 Å². The maximum absolute atomic E-state index is 9.44. The van der Waals surface area contributed by atoms with Crippen molar-refractivity contribution in [3.8, 4) is 0 Å². The van der Waals surface area contributed by atoms with E-state index in [-0.39, 0.29) is 11.6 Å². The van der Waals surface area contributed by atoms with Crippen LogP contribution in [0.1, 0.15) is 39.5 Å². The average molecular weight is 207 g/mol. The minimum atomic E-state index is -0.160. The molecule has 0 aromatic rings. The third-order valence-electron chi connectivity index (χ3n) is 5.24. The minimum absolute atomic E-state index is 0.156. The molecule has 0 saturated heterocycles. The SMILES string of the molecule is CC1(C)C2CC=C(C3(N)CC(O)C3)C1C2. The van der Waals surface area contributed by atoms with Crippen molar-refractivity contribution in [1.82, 2.24) is 0 Å². The molecule has 2 saturated carbocycles. The van der Waals surface area contributed by atoms with E-state index in [0.29, 0.717) is 11.3 Å². The van der Waals surface area contributed by atoms with Crippen molar-refractivity contribution in [3.63, 3.8) is 0 Å². The first-order valence-electron chi connectivity index (χ1n) is 6.11. The normalized spacial score (nSPS) is 51.5. The quantitative estimate of drug-likeness (QED) is 0.644. The lowest BCUT2D eigenvalue weighted by Gasteiger charge is -2.61. The predicted molar refractivity (Wildman–Crippen MR) is 60.2 cm³/mol. The number of rotatable bonds is 1. The molecule has 4 aliphatic rings. The molecule has 2 heteroatoms. The third kappa shape index (κ3) is 1.12. The van der Waals surface area contributed by atoms with Crippen LogP contribution in [0.25, 0.3) is 0 Å². The fraction of sp³-hybridized carbons (Fsp3) is 0.846. The number of fused-ring (bicyclic) bond motifs is 1. The van der Waals surface area contributed by atoms with Crippen molar-refractivity contribution in [2.24, 2.45) is 23.0 Å². The Kier molecular flexibility index (Phi) is 1.75. The van der Waals surface area contributed by atoms with E-state index >= 15 is 0 Å². The number of aliphatic hydroxyl groups is 1. The number of allylic oxidation sites excluding steroid dienone is 1. The van der Waals surface area contributed by atoms with Crippen molar-refractivity contribution in [2.45, 2.75) is 51.2 Å². The van der Waals surface area contributed by atoms with E-state index < -0.39 is 0 Å². The highest BCUT2D eigenvalue weighted by atomic mass is 16.3. The molecule has 84 valence electrons. The maximum atomic E-state index is 9.44. The lowest BCUT2D eigenvalue weighted by atomic mass is 9.45. The van der Waals surface area contributed by atoms with Crippen LogP contribution in [-0.4, -0.2) is 16.7 Å². The zero-order chi connectivity index (χ0) is 10.8. The molecule has 0 spiro atoms. The average Bonchev–Trinajstić information content (AvgIpc) is 2.15. The van der Waals surface area contributed by atoms with Crippen LogP contribution in [0.4, 0.5) is 0 Å². The molecule has 3 N–H and O–H groups in total.